The standard InChI is InChI=1S/C14H16O5/c1-10-4-3-5-11(6-7-12(15)16)14(10)19-9-8-13(17)18-2/h3-7H,8-9H2,1-2H3,(H,15,16)/b7-6+. The normalized spacial score (nSPS) is 10.4. The van der Waals surface area contributed by atoms with Crippen LogP contribution in [0.5, 0.6) is 5.75 Å². The lowest BCUT2D eigenvalue weighted by molar-refractivity contribution is -0.141. The second-order valence-electron chi connectivity index (χ2n) is 3.84. The summed E-state index contributed by atoms with van der Waals surface area (Å²) in [4.78, 5) is 21.5. The van der Waals surface area contributed by atoms with Crippen LogP contribution in [0.2, 0.25) is 0 Å². The van der Waals surface area contributed by atoms with E-state index in [0.29, 0.717) is 11.3 Å². The van der Waals surface area contributed by atoms with Gasteiger partial charge >= 0.3 is 11.9 Å². The fourth-order valence-corrected chi connectivity index (χ4v) is 1.50. The molecular weight excluding hydrogens is 248 g/mol. The number of aliphatic carboxylic acids is 1. The molecule has 0 atom stereocenters. The number of para-hydroxylation sites is 1. The van der Waals surface area contributed by atoms with E-state index in [1.165, 1.54) is 13.2 Å². The zero-order valence-corrected chi connectivity index (χ0v) is 10.9. The van der Waals surface area contributed by atoms with Crippen LogP contribution in [0, 0.1) is 6.92 Å². The summed E-state index contributed by atoms with van der Waals surface area (Å²) in [5, 5.41) is 8.63. The van der Waals surface area contributed by atoms with Crippen LogP contribution in [0.25, 0.3) is 6.08 Å². The Hall–Kier alpha value is -2.30. The molecule has 0 fully saturated rings. The summed E-state index contributed by atoms with van der Waals surface area (Å²) in [6, 6.07) is 5.41. The van der Waals surface area contributed by atoms with Gasteiger partial charge in [0.2, 0.25) is 0 Å². The van der Waals surface area contributed by atoms with Crippen molar-refractivity contribution >= 4 is 18.0 Å². The molecule has 0 radical (unpaired) electrons. The maximum Gasteiger partial charge on any atom is 0.328 e. The van der Waals surface area contributed by atoms with Gasteiger partial charge in [0.05, 0.1) is 20.1 Å². The predicted octanol–water partition coefficient (Wildman–Crippen LogP) is 2.03. The minimum absolute atomic E-state index is 0.146. The monoisotopic (exact) mass is 264 g/mol. The van der Waals surface area contributed by atoms with Crippen molar-refractivity contribution in [3.05, 3.63) is 35.4 Å². The maximum atomic E-state index is 11.0. The van der Waals surface area contributed by atoms with E-state index in [0.717, 1.165) is 11.6 Å². The molecule has 5 nitrogen and oxygen atoms in total. The summed E-state index contributed by atoms with van der Waals surface area (Å²) in [6.45, 7) is 2.04. The second-order valence-corrected chi connectivity index (χ2v) is 3.84. The van der Waals surface area contributed by atoms with Gasteiger partial charge in [-0.3, -0.25) is 4.79 Å². The van der Waals surface area contributed by atoms with Crippen molar-refractivity contribution in [2.75, 3.05) is 13.7 Å². The van der Waals surface area contributed by atoms with Gasteiger partial charge in [0, 0.05) is 11.6 Å². The molecule has 5 heteroatoms. The fourth-order valence-electron chi connectivity index (χ4n) is 1.50. The Morgan fingerprint density at radius 3 is 2.74 bits per heavy atom. The second kappa shape index (κ2) is 7.20. The van der Waals surface area contributed by atoms with Gasteiger partial charge in [-0.15, -0.1) is 0 Å². The number of carbonyl (C=O) groups is 2. The molecule has 0 aromatic heterocycles. The van der Waals surface area contributed by atoms with Gasteiger partial charge in [-0.1, -0.05) is 18.2 Å². The number of hydrogen-bond donors (Lipinski definition) is 1. The molecule has 0 aliphatic heterocycles. The first-order chi connectivity index (χ1) is 9.04. The molecule has 1 rings (SSSR count). The summed E-state index contributed by atoms with van der Waals surface area (Å²) >= 11 is 0. The molecule has 19 heavy (non-hydrogen) atoms. The van der Waals surface area contributed by atoms with Crippen molar-refractivity contribution < 1.29 is 24.2 Å². The van der Waals surface area contributed by atoms with Gasteiger partial charge in [0.25, 0.3) is 0 Å². The van der Waals surface area contributed by atoms with Crippen molar-refractivity contribution in [1.82, 2.24) is 0 Å². The highest BCUT2D eigenvalue weighted by atomic mass is 16.5. The molecular formula is C14H16O5. The Labute approximate surface area is 111 Å². The number of methoxy groups -OCH3 is 1. The van der Waals surface area contributed by atoms with Gasteiger partial charge in [-0.05, 0) is 18.6 Å². The van der Waals surface area contributed by atoms with Gasteiger partial charge in [0.1, 0.15) is 5.75 Å². The van der Waals surface area contributed by atoms with Gasteiger partial charge in [-0.25, -0.2) is 4.79 Å². The van der Waals surface area contributed by atoms with Crippen molar-refractivity contribution in [2.24, 2.45) is 0 Å². The van der Waals surface area contributed by atoms with Crippen molar-refractivity contribution in [2.45, 2.75) is 13.3 Å². The van der Waals surface area contributed by atoms with Crippen LogP contribution < -0.4 is 4.74 Å². The van der Waals surface area contributed by atoms with E-state index in [2.05, 4.69) is 4.74 Å². The number of benzene rings is 1. The first-order valence-corrected chi connectivity index (χ1v) is 5.75. The molecule has 1 N–H and O–H groups in total. The molecule has 0 amide bonds. The van der Waals surface area contributed by atoms with Crippen LogP contribution in [0.1, 0.15) is 17.5 Å². The molecule has 0 aliphatic carbocycles. The summed E-state index contributed by atoms with van der Waals surface area (Å²) in [6.07, 6.45) is 2.65. The van der Waals surface area contributed by atoms with Crippen molar-refractivity contribution in [3.63, 3.8) is 0 Å². The molecule has 1 aromatic rings. The van der Waals surface area contributed by atoms with Crippen LogP contribution in [-0.4, -0.2) is 30.8 Å². The molecule has 0 spiro atoms. The predicted molar refractivity (Wildman–Crippen MR) is 70.0 cm³/mol. The Bertz CT molecular complexity index is 491. The van der Waals surface area contributed by atoms with E-state index in [1.54, 1.807) is 6.07 Å². The number of carbonyl (C=O) groups excluding carboxylic acids is 1. The largest absolute Gasteiger partial charge is 0.492 e. The number of aryl methyl sites for hydroxylation is 1. The molecule has 0 unspecified atom stereocenters. The van der Waals surface area contributed by atoms with Crippen molar-refractivity contribution in [1.29, 1.82) is 0 Å². The first-order valence-electron chi connectivity index (χ1n) is 5.75. The maximum absolute atomic E-state index is 11.0. The molecule has 0 heterocycles. The van der Waals surface area contributed by atoms with E-state index < -0.39 is 5.97 Å². The number of esters is 1. The summed E-state index contributed by atoms with van der Waals surface area (Å²) in [5.74, 6) is -0.804. The number of carboxylic acids is 1. The smallest absolute Gasteiger partial charge is 0.328 e. The van der Waals surface area contributed by atoms with Gasteiger partial charge < -0.3 is 14.6 Å². The third-order valence-electron chi connectivity index (χ3n) is 2.43. The lowest BCUT2D eigenvalue weighted by atomic mass is 10.1. The highest BCUT2D eigenvalue weighted by Gasteiger charge is 2.07. The van der Waals surface area contributed by atoms with E-state index in [4.69, 9.17) is 9.84 Å². The Kier molecular flexibility index (Phi) is 5.60. The number of ether oxygens (including phenoxy) is 2. The minimum atomic E-state index is -1.03. The highest BCUT2D eigenvalue weighted by molar-refractivity contribution is 5.86. The SMILES string of the molecule is COC(=O)CCOc1c(C)cccc1/C=C/C(=O)O. The molecule has 0 saturated heterocycles. The van der Waals surface area contributed by atoms with Crippen LogP contribution >= 0.6 is 0 Å². The molecule has 102 valence electrons. The lowest BCUT2D eigenvalue weighted by Gasteiger charge is -2.11. The van der Waals surface area contributed by atoms with E-state index in [9.17, 15) is 9.59 Å². The number of hydrogen-bond acceptors (Lipinski definition) is 4. The zero-order chi connectivity index (χ0) is 14.3. The zero-order valence-electron chi connectivity index (χ0n) is 10.9. The van der Waals surface area contributed by atoms with Crippen LogP contribution in [0.3, 0.4) is 0 Å². The van der Waals surface area contributed by atoms with Gasteiger partial charge in [-0.2, -0.15) is 0 Å². The molecule has 0 saturated carbocycles. The van der Waals surface area contributed by atoms with Crippen LogP contribution in [0.15, 0.2) is 24.3 Å². The van der Waals surface area contributed by atoms with Gasteiger partial charge in [0.15, 0.2) is 0 Å². The van der Waals surface area contributed by atoms with E-state index in [-0.39, 0.29) is 19.0 Å². The first kappa shape index (κ1) is 14.8. The Morgan fingerprint density at radius 2 is 2.11 bits per heavy atom. The summed E-state index contributed by atoms with van der Waals surface area (Å²) in [5.41, 5.74) is 1.53. The summed E-state index contributed by atoms with van der Waals surface area (Å²) < 4.78 is 10.0. The number of carboxylic acid groups (broad SMARTS) is 1. The lowest BCUT2D eigenvalue weighted by Crippen LogP contribution is -2.08. The molecule has 0 aliphatic rings. The minimum Gasteiger partial charge on any atom is -0.492 e. The quantitative estimate of drug-likeness (QED) is 0.628. The van der Waals surface area contributed by atoms with E-state index in [1.807, 2.05) is 19.1 Å². The molecule has 0 bridgehead atoms. The fraction of sp³-hybridized carbons (Fsp3) is 0.286. The van der Waals surface area contributed by atoms with E-state index >= 15 is 0 Å². The third-order valence-corrected chi connectivity index (χ3v) is 2.43. The average molecular weight is 264 g/mol. The highest BCUT2D eigenvalue weighted by Crippen LogP contribution is 2.24. The number of rotatable bonds is 6. The van der Waals surface area contributed by atoms with Crippen LogP contribution in [-0.2, 0) is 14.3 Å². The Balaban J connectivity index is 2.80. The van der Waals surface area contributed by atoms with Crippen molar-refractivity contribution in [3.8, 4) is 5.75 Å². The summed E-state index contributed by atoms with van der Waals surface area (Å²) in [7, 11) is 1.32. The topological polar surface area (TPSA) is 72.8 Å². The average Bonchev–Trinajstić information content (AvgIpc) is 2.38. The van der Waals surface area contributed by atoms with Crippen LogP contribution in [0.4, 0.5) is 0 Å². The molecule has 1 aromatic carbocycles. The Morgan fingerprint density at radius 1 is 1.37 bits per heavy atom. The third kappa shape index (κ3) is 4.83.